The van der Waals surface area contributed by atoms with Crippen LogP contribution in [-0.2, 0) is 19.5 Å². The molecule has 0 fully saturated rings. The number of aliphatic hydroxyl groups is 1. The predicted octanol–water partition coefficient (Wildman–Crippen LogP) is -0.781. The van der Waals surface area contributed by atoms with E-state index in [1.165, 1.54) is 0 Å². The minimum atomic E-state index is -1.01. The van der Waals surface area contributed by atoms with E-state index in [1.54, 1.807) is 4.68 Å². The summed E-state index contributed by atoms with van der Waals surface area (Å²) < 4.78 is 1.60. The van der Waals surface area contributed by atoms with Gasteiger partial charge in [-0.2, -0.15) is 5.10 Å². The van der Waals surface area contributed by atoms with Crippen molar-refractivity contribution in [1.82, 2.24) is 15.1 Å². The van der Waals surface area contributed by atoms with Crippen LogP contribution in [-0.4, -0.2) is 39.1 Å². The fourth-order valence-corrected chi connectivity index (χ4v) is 1.87. The van der Waals surface area contributed by atoms with Crippen LogP contribution in [0.2, 0.25) is 0 Å². The van der Waals surface area contributed by atoms with Crippen molar-refractivity contribution in [3.05, 3.63) is 17.0 Å². The van der Waals surface area contributed by atoms with Crippen LogP contribution in [0.25, 0.3) is 0 Å². The van der Waals surface area contributed by atoms with E-state index < -0.39 is 5.97 Å². The van der Waals surface area contributed by atoms with Crippen LogP contribution in [0.1, 0.15) is 21.7 Å². The summed E-state index contributed by atoms with van der Waals surface area (Å²) in [6.07, 6.45) is 0.760. The van der Waals surface area contributed by atoms with Gasteiger partial charge in [-0.25, -0.2) is 4.79 Å². The van der Waals surface area contributed by atoms with Crippen LogP contribution in [0, 0.1) is 0 Å². The zero-order valence-electron chi connectivity index (χ0n) is 8.23. The lowest BCUT2D eigenvalue weighted by Crippen LogP contribution is -2.25. The number of carbonyl (C=O) groups is 1. The molecule has 1 aliphatic rings. The Balaban J connectivity index is 2.44. The molecule has 2 rings (SSSR count). The summed E-state index contributed by atoms with van der Waals surface area (Å²) in [6.45, 7) is 1.70. The first-order valence-electron chi connectivity index (χ1n) is 4.87. The lowest BCUT2D eigenvalue weighted by Gasteiger charge is -2.14. The molecule has 0 amide bonds. The lowest BCUT2D eigenvalue weighted by molar-refractivity contribution is 0.0687. The third-order valence-electron chi connectivity index (χ3n) is 2.52. The predicted molar refractivity (Wildman–Crippen MR) is 51.7 cm³/mol. The average Bonchev–Trinajstić information content (AvgIpc) is 2.59. The molecule has 82 valence electrons. The Hall–Kier alpha value is -1.40. The highest BCUT2D eigenvalue weighted by atomic mass is 16.4. The molecule has 0 atom stereocenters. The third kappa shape index (κ3) is 1.73. The standard InChI is InChI=1S/C9H13N3O3/c13-4-3-12-7-1-2-10-5-6(7)8(11-12)9(14)15/h10,13H,1-5H2,(H,14,15). The molecular formula is C9H13N3O3. The summed E-state index contributed by atoms with van der Waals surface area (Å²) >= 11 is 0. The van der Waals surface area contributed by atoms with Gasteiger partial charge in [0.1, 0.15) is 0 Å². The van der Waals surface area contributed by atoms with E-state index in [9.17, 15) is 4.79 Å². The monoisotopic (exact) mass is 211 g/mol. The molecule has 3 N–H and O–H groups in total. The molecule has 6 nitrogen and oxygen atoms in total. The molecule has 1 aromatic heterocycles. The van der Waals surface area contributed by atoms with Crippen LogP contribution in [0.3, 0.4) is 0 Å². The fourth-order valence-electron chi connectivity index (χ4n) is 1.87. The largest absolute Gasteiger partial charge is 0.476 e. The third-order valence-corrected chi connectivity index (χ3v) is 2.52. The normalized spacial score (nSPS) is 15.0. The van der Waals surface area contributed by atoms with Crippen molar-refractivity contribution in [3.8, 4) is 0 Å². The highest BCUT2D eigenvalue weighted by Crippen LogP contribution is 2.18. The van der Waals surface area contributed by atoms with Crippen molar-refractivity contribution < 1.29 is 15.0 Å². The van der Waals surface area contributed by atoms with Gasteiger partial charge in [-0.15, -0.1) is 0 Å². The van der Waals surface area contributed by atoms with E-state index in [0.29, 0.717) is 13.1 Å². The molecule has 1 aliphatic heterocycles. The summed E-state index contributed by atoms with van der Waals surface area (Å²) in [5.74, 6) is -1.01. The van der Waals surface area contributed by atoms with Gasteiger partial charge in [0.25, 0.3) is 0 Å². The Morgan fingerprint density at radius 2 is 2.40 bits per heavy atom. The average molecular weight is 211 g/mol. The number of carboxylic acid groups (broad SMARTS) is 1. The minimum Gasteiger partial charge on any atom is -0.476 e. The first-order valence-corrected chi connectivity index (χ1v) is 4.87. The fraction of sp³-hybridized carbons (Fsp3) is 0.556. The van der Waals surface area contributed by atoms with E-state index in [-0.39, 0.29) is 12.3 Å². The molecule has 0 unspecified atom stereocenters. The van der Waals surface area contributed by atoms with Gasteiger partial charge in [0.15, 0.2) is 5.69 Å². The Kier molecular flexibility index (Phi) is 2.70. The van der Waals surface area contributed by atoms with Crippen LogP contribution in [0.5, 0.6) is 0 Å². The number of hydrogen-bond acceptors (Lipinski definition) is 4. The molecule has 0 saturated heterocycles. The van der Waals surface area contributed by atoms with E-state index in [2.05, 4.69) is 10.4 Å². The van der Waals surface area contributed by atoms with Gasteiger partial charge >= 0.3 is 5.97 Å². The van der Waals surface area contributed by atoms with Crippen molar-refractivity contribution in [3.63, 3.8) is 0 Å². The molecule has 0 bridgehead atoms. The maximum absolute atomic E-state index is 10.9. The Morgan fingerprint density at radius 1 is 1.60 bits per heavy atom. The van der Waals surface area contributed by atoms with Gasteiger partial charge in [-0.1, -0.05) is 0 Å². The Bertz CT molecular complexity index is 386. The number of rotatable bonds is 3. The summed E-state index contributed by atoms with van der Waals surface area (Å²) in [6, 6.07) is 0. The number of fused-ring (bicyclic) bond motifs is 1. The maximum atomic E-state index is 10.9. The molecule has 0 radical (unpaired) electrons. The molecule has 2 heterocycles. The second kappa shape index (κ2) is 4.00. The summed E-state index contributed by atoms with van der Waals surface area (Å²) in [4.78, 5) is 10.9. The number of nitrogens with zero attached hydrogens (tertiary/aromatic N) is 2. The van der Waals surface area contributed by atoms with Gasteiger partial charge < -0.3 is 15.5 Å². The highest BCUT2D eigenvalue weighted by Gasteiger charge is 2.23. The van der Waals surface area contributed by atoms with Crippen LogP contribution >= 0.6 is 0 Å². The zero-order valence-corrected chi connectivity index (χ0v) is 8.23. The van der Waals surface area contributed by atoms with Crippen LogP contribution in [0.4, 0.5) is 0 Å². The topological polar surface area (TPSA) is 87.4 Å². The number of aromatic carboxylic acids is 1. The van der Waals surface area contributed by atoms with E-state index >= 15 is 0 Å². The zero-order chi connectivity index (χ0) is 10.8. The van der Waals surface area contributed by atoms with Crippen molar-refractivity contribution in [2.75, 3.05) is 13.2 Å². The van der Waals surface area contributed by atoms with Crippen LogP contribution in [0.15, 0.2) is 0 Å². The van der Waals surface area contributed by atoms with E-state index in [0.717, 1.165) is 24.2 Å². The SMILES string of the molecule is O=C(O)c1nn(CCO)c2c1CNCC2. The molecule has 0 spiro atoms. The molecule has 15 heavy (non-hydrogen) atoms. The Morgan fingerprint density at radius 3 is 3.07 bits per heavy atom. The van der Waals surface area contributed by atoms with Gasteiger partial charge in [0.2, 0.25) is 0 Å². The van der Waals surface area contributed by atoms with Crippen molar-refractivity contribution in [1.29, 1.82) is 0 Å². The summed E-state index contributed by atoms with van der Waals surface area (Å²) in [7, 11) is 0. The van der Waals surface area contributed by atoms with Crippen molar-refractivity contribution in [2.45, 2.75) is 19.5 Å². The molecular weight excluding hydrogens is 198 g/mol. The lowest BCUT2D eigenvalue weighted by atomic mass is 10.1. The smallest absolute Gasteiger partial charge is 0.356 e. The summed E-state index contributed by atoms with van der Waals surface area (Å²) in [5.41, 5.74) is 1.79. The first kappa shape index (κ1) is 10.1. The van der Waals surface area contributed by atoms with Gasteiger partial charge in [0, 0.05) is 30.8 Å². The van der Waals surface area contributed by atoms with E-state index in [4.69, 9.17) is 10.2 Å². The number of aromatic nitrogens is 2. The van der Waals surface area contributed by atoms with Gasteiger partial charge in [0.05, 0.1) is 13.2 Å². The number of aliphatic hydroxyl groups excluding tert-OH is 1. The maximum Gasteiger partial charge on any atom is 0.356 e. The first-order chi connectivity index (χ1) is 7.24. The quantitative estimate of drug-likeness (QED) is 0.610. The molecule has 0 saturated carbocycles. The molecule has 0 aliphatic carbocycles. The summed E-state index contributed by atoms with van der Waals surface area (Å²) in [5, 5.41) is 24.9. The molecule has 0 aromatic carbocycles. The van der Waals surface area contributed by atoms with Gasteiger partial charge in [-0.3, -0.25) is 4.68 Å². The second-order valence-corrected chi connectivity index (χ2v) is 3.45. The highest BCUT2D eigenvalue weighted by molar-refractivity contribution is 5.87. The minimum absolute atomic E-state index is 0.0272. The Labute approximate surface area is 86.5 Å². The number of hydrogen-bond donors (Lipinski definition) is 3. The van der Waals surface area contributed by atoms with Crippen LogP contribution < -0.4 is 5.32 Å². The molecule has 6 heteroatoms. The number of nitrogens with one attached hydrogen (secondary N) is 1. The van der Waals surface area contributed by atoms with Crippen molar-refractivity contribution >= 4 is 5.97 Å². The van der Waals surface area contributed by atoms with Crippen molar-refractivity contribution in [2.24, 2.45) is 0 Å². The van der Waals surface area contributed by atoms with E-state index in [1.807, 2.05) is 0 Å². The number of carboxylic acids is 1. The second-order valence-electron chi connectivity index (χ2n) is 3.45. The molecule has 1 aromatic rings. The van der Waals surface area contributed by atoms with Gasteiger partial charge in [-0.05, 0) is 0 Å².